The Morgan fingerprint density at radius 2 is 1.94 bits per heavy atom. The van der Waals surface area contributed by atoms with Crippen LogP contribution in [0, 0.1) is 0 Å². The SMILES string of the molecule is CCC(I)C(=O)Oc1ccc2cc(O)ccc2c1. The highest BCUT2D eigenvalue weighted by molar-refractivity contribution is 14.1. The normalized spacial score (nSPS) is 12.3. The van der Waals surface area contributed by atoms with Crippen LogP contribution in [0.3, 0.4) is 0 Å². The highest BCUT2D eigenvalue weighted by Crippen LogP contribution is 2.25. The Bertz CT molecular complexity index is 580. The van der Waals surface area contributed by atoms with E-state index < -0.39 is 0 Å². The molecule has 0 saturated carbocycles. The zero-order chi connectivity index (χ0) is 13.1. The Labute approximate surface area is 119 Å². The lowest BCUT2D eigenvalue weighted by Crippen LogP contribution is -2.19. The second-order valence-electron chi connectivity index (χ2n) is 3.99. The molecule has 0 saturated heterocycles. The molecule has 0 aliphatic heterocycles. The number of phenols is 1. The Hall–Kier alpha value is -1.30. The number of esters is 1. The van der Waals surface area contributed by atoms with Crippen molar-refractivity contribution in [2.75, 3.05) is 0 Å². The van der Waals surface area contributed by atoms with Gasteiger partial charge in [0.1, 0.15) is 15.4 Å². The topological polar surface area (TPSA) is 46.5 Å². The maximum atomic E-state index is 11.7. The molecule has 4 heteroatoms. The molecule has 2 rings (SSSR count). The summed E-state index contributed by atoms with van der Waals surface area (Å²) in [6, 6.07) is 10.4. The van der Waals surface area contributed by atoms with Crippen molar-refractivity contribution >= 4 is 39.3 Å². The van der Waals surface area contributed by atoms with E-state index in [2.05, 4.69) is 22.6 Å². The maximum Gasteiger partial charge on any atom is 0.324 e. The minimum Gasteiger partial charge on any atom is -0.508 e. The molecule has 2 aromatic carbocycles. The van der Waals surface area contributed by atoms with E-state index in [4.69, 9.17) is 4.74 Å². The number of fused-ring (bicyclic) bond motifs is 1. The van der Waals surface area contributed by atoms with Crippen LogP contribution in [0.25, 0.3) is 10.8 Å². The number of rotatable bonds is 3. The lowest BCUT2D eigenvalue weighted by atomic mass is 10.1. The average Bonchev–Trinajstić information content (AvgIpc) is 2.38. The van der Waals surface area contributed by atoms with Crippen molar-refractivity contribution < 1.29 is 14.6 Å². The van der Waals surface area contributed by atoms with Gasteiger partial charge >= 0.3 is 5.97 Å². The number of carbonyl (C=O) groups excluding carboxylic acids is 1. The van der Waals surface area contributed by atoms with E-state index in [1.807, 2.05) is 13.0 Å². The van der Waals surface area contributed by atoms with Crippen LogP contribution in [0.5, 0.6) is 11.5 Å². The number of hydrogen-bond acceptors (Lipinski definition) is 3. The van der Waals surface area contributed by atoms with Crippen LogP contribution in [0.2, 0.25) is 0 Å². The molecule has 1 unspecified atom stereocenters. The number of carbonyl (C=O) groups is 1. The number of aromatic hydroxyl groups is 1. The molecule has 1 N–H and O–H groups in total. The third-order valence-corrected chi connectivity index (χ3v) is 4.02. The predicted molar refractivity (Wildman–Crippen MR) is 79.3 cm³/mol. The quantitative estimate of drug-likeness (QED) is 0.395. The largest absolute Gasteiger partial charge is 0.508 e. The molecule has 1 atom stereocenters. The van der Waals surface area contributed by atoms with Crippen LogP contribution in [-0.4, -0.2) is 15.0 Å². The second kappa shape index (κ2) is 5.56. The van der Waals surface area contributed by atoms with Gasteiger partial charge in [0.05, 0.1) is 0 Å². The number of alkyl halides is 1. The summed E-state index contributed by atoms with van der Waals surface area (Å²) < 4.78 is 5.17. The van der Waals surface area contributed by atoms with Gasteiger partial charge in [0.2, 0.25) is 0 Å². The first-order chi connectivity index (χ1) is 8.60. The summed E-state index contributed by atoms with van der Waals surface area (Å²) in [7, 11) is 0. The third kappa shape index (κ3) is 2.93. The maximum absolute atomic E-state index is 11.7. The predicted octanol–water partition coefficient (Wildman–Crippen LogP) is 3.66. The first-order valence-electron chi connectivity index (χ1n) is 5.68. The van der Waals surface area contributed by atoms with Crippen LogP contribution in [0.15, 0.2) is 36.4 Å². The van der Waals surface area contributed by atoms with E-state index in [0.717, 1.165) is 17.2 Å². The molecule has 0 bridgehead atoms. The monoisotopic (exact) mass is 356 g/mol. The summed E-state index contributed by atoms with van der Waals surface area (Å²) in [5, 5.41) is 11.2. The fourth-order valence-electron chi connectivity index (χ4n) is 1.62. The van der Waals surface area contributed by atoms with Crippen LogP contribution >= 0.6 is 22.6 Å². The Kier molecular flexibility index (Phi) is 4.06. The van der Waals surface area contributed by atoms with E-state index in [-0.39, 0.29) is 15.6 Å². The molecular weight excluding hydrogens is 343 g/mol. The van der Waals surface area contributed by atoms with Crippen molar-refractivity contribution in [1.82, 2.24) is 0 Å². The summed E-state index contributed by atoms with van der Waals surface area (Å²) in [4.78, 5) is 11.7. The van der Waals surface area contributed by atoms with Crippen molar-refractivity contribution in [2.24, 2.45) is 0 Å². The highest BCUT2D eigenvalue weighted by atomic mass is 127. The van der Waals surface area contributed by atoms with Gasteiger partial charge < -0.3 is 9.84 Å². The van der Waals surface area contributed by atoms with Gasteiger partial charge in [0.15, 0.2) is 0 Å². The molecule has 0 aliphatic rings. The molecule has 2 aromatic rings. The molecule has 0 aromatic heterocycles. The summed E-state index contributed by atoms with van der Waals surface area (Å²) >= 11 is 2.07. The van der Waals surface area contributed by atoms with E-state index in [9.17, 15) is 9.90 Å². The first kappa shape index (κ1) is 13.1. The van der Waals surface area contributed by atoms with Crippen LogP contribution in [0.4, 0.5) is 0 Å². The fraction of sp³-hybridized carbons (Fsp3) is 0.214. The molecule has 0 heterocycles. The van der Waals surface area contributed by atoms with Crippen molar-refractivity contribution in [3.05, 3.63) is 36.4 Å². The summed E-state index contributed by atoms with van der Waals surface area (Å²) in [5.41, 5.74) is 0. The van der Waals surface area contributed by atoms with Gasteiger partial charge in [-0.25, -0.2) is 0 Å². The molecule has 0 aliphatic carbocycles. The molecule has 94 valence electrons. The van der Waals surface area contributed by atoms with E-state index in [1.54, 1.807) is 30.3 Å². The van der Waals surface area contributed by atoms with Crippen LogP contribution in [-0.2, 0) is 4.79 Å². The summed E-state index contributed by atoms with van der Waals surface area (Å²) in [5.74, 6) is 0.537. The smallest absolute Gasteiger partial charge is 0.324 e. The number of phenolic OH excluding ortho intramolecular Hbond substituents is 1. The Morgan fingerprint density at radius 1 is 1.28 bits per heavy atom. The minimum atomic E-state index is -0.226. The first-order valence-corrected chi connectivity index (χ1v) is 6.93. The van der Waals surface area contributed by atoms with Gasteiger partial charge in [-0.3, -0.25) is 4.79 Å². The standard InChI is InChI=1S/C14H13IO3/c1-2-13(15)14(17)18-12-6-4-9-7-11(16)5-3-10(9)8-12/h3-8,13,16H,2H2,1H3. The lowest BCUT2D eigenvalue weighted by molar-refractivity contribution is -0.133. The van der Waals surface area contributed by atoms with Crippen LogP contribution < -0.4 is 4.74 Å². The molecule has 18 heavy (non-hydrogen) atoms. The van der Waals surface area contributed by atoms with Crippen LogP contribution in [0.1, 0.15) is 13.3 Å². The van der Waals surface area contributed by atoms with Gasteiger partial charge in [0.25, 0.3) is 0 Å². The van der Waals surface area contributed by atoms with Gasteiger partial charge in [-0.2, -0.15) is 0 Å². The molecular formula is C14H13IO3. The summed E-state index contributed by atoms with van der Waals surface area (Å²) in [6.45, 7) is 1.95. The second-order valence-corrected chi connectivity index (χ2v) is 5.49. The van der Waals surface area contributed by atoms with Crippen molar-refractivity contribution in [3.63, 3.8) is 0 Å². The zero-order valence-corrected chi connectivity index (χ0v) is 12.0. The number of ether oxygens (including phenoxy) is 1. The molecule has 0 radical (unpaired) electrons. The number of benzene rings is 2. The lowest BCUT2D eigenvalue weighted by Gasteiger charge is -2.08. The van der Waals surface area contributed by atoms with E-state index in [0.29, 0.717) is 5.75 Å². The fourth-order valence-corrected chi connectivity index (χ4v) is 1.75. The van der Waals surface area contributed by atoms with E-state index >= 15 is 0 Å². The Balaban J connectivity index is 2.25. The minimum absolute atomic E-state index is 0.127. The summed E-state index contributed by atoms with van der Waals surface area (Å²) in [6.07, 6.45) is 0.751. The van der Waals surface area contributed by atoms with E-state index in [1.165, 1.54) is 0 Å². The highest BCUT2D eigenvalue weighted by Gasteiger charge is 2.14. The van der Waals surface area contributed by atoms with Crippen molar-refractivity contribution in [3.8, 4) is 11.5 Å². The molecule has 0 fully saturated rings. The number of hydrogen-bond donors (Lipinski definition) is 1. The van der Waals surface area contributed by atoms with Crippen molar-refractivity contribution in [2.45, 2.75) is 17.3 Å². The van der Waals surface area contributed by atoms with Gasteiger partial charge in [-0.05, 0) is 41.5 Å². The number of halogens is 1. The molecule has 0 amide bonds. The molecule has 3 nitrogen and oxygen atoms in total. The average molecular weight is 356 g/mol. The van der Waals surface area contributed by atoms with Gasteiger partial charge in [-0.15, -0.1) is 0 Å². The Morgan fingerprint density at radius 3 is 2.67 bits per heavy atom. The molecule has 0 spiro atoms. The van der Waals surface area contributed by atoms with Gasteiger partial charge in [0, 0.05) is 0 Å². The van der Waals surface area contributed by atoms with Gasteiger partial charge in [-0.1, -0.05) is 41.6 Å². The zero-order valence-electron chi connectivity index (χ0n) is 9.89. The van der Waals surface area contributed by atoms with Crippen molar-refractivity contribution in [1.29, 1.82) is 0 Å². The third-order valence-electron chi connectivity index (χ3n) is 2.63.